The summed E-state index contributed by atoms with van der Waals surface area (Å²) in [4.78, 5) is 21.5. The second-order valence-electron chi connectivity index (χ2n) is 6.12. The van der Waals surface area contributed by atoms with Gasteiger partial charge in [0.05, 0.1) is 12.0 Å². The third kappa shape index (κ3) is 3.20. The summed E-state index contributed by atoms with van der Waals surface area (Å²) in [6.07, 6.45) is 6.68. The normalized spacial score (nSPS) is 19.6. The Morgan fingerprint density at radius 1 is 1.12 bits per heavy atom. The van der Waals surface area contributed by atoms with Crippen LogP contribution < -0.4 is 4.90 Å². The smallest absolute Gasteiger partial charge is 0.284 e. The van der Waals surface area contributed by atoms with Crippen LogP contribution in [0.2, 0.25) is 5.02 Å². The van der Waals surface area contributed by atoms with Gasteiger partial charge in [-0.25, -0.2) is 9.89 Å². The lowest BCUT2D eigenvalue weighted by Crippen LogP contribution is -2.46. The van der Waals surface area contributed by atoms with Crippen molar-refractivity contribution in [3.63, 3.8) is 0 Å². The first-order valence-corrected chi connectivity index (χ1v) is 8.79. The van der Waals surface area contributed by atoms with E-state index in [1.807, 2.05) is 12.1 Å². The van der Waals surface area contributed by atoms with Crippen molar-refractivity contribution in [2.45, 2.75) is 19.3 Å². The van der Waals surface area contributed by atoms with E-state index >= 15 is 0 Å². The van der Waals surface area contributed by atoms with E-state index in [4.69, 9.17) is 16.0 Å². The molecule has 0 atom stereocenters. The maximum atomic E-state index is 13.0. The summed E-state index contributed by atoms with van der Waals surface area (Å²) in [7, 11) is 0. The minimum absolute atomic E-state index is 0.167. The van der Waals surface area contributed by atoms with Crippen molar-refractivity contribution < 1.29 is 9.21 Å². The number of halogens is 1. The van der Waals surface area contributed by atoms with Gasteiger partial charge in [-0.15, -0.1) is 0 Å². The topological polar surface area (TPSA) is 49.1 Å². The van der Waals surface area contributed by atoms with Crippen LogP contribution in [0.15, 0.2) is 57.8 Å². The number of aliphatic imine (C=N–C) groups is 1. The number of nitrogens with zero attached hydrogens (tertiary/aromatic N) is 3. The number of carbonyl (C=O) groups excluding carboxylic acids is 1. The van der Waals surface area contributed by atoms with Crippen molar-refractivity contribution in [2.24, 2.45) is 4.99 Å². The number of guanidine groups is 1. The van der Waals surface area contributed by atoms with Crippen molar-refractivity contribution >= 4 is 35.2 Å². The highest BCUT2D eigenvalue weighted by molar-refractivity contribution is 6.32. The van der Waals surface area contributed by atoms with Gasteiger partial charge in [-0.1, -0.05) is 17.7 Å². The predicted molar refractivity (Wildman–Crippen MR) is 98.5 cm³/mol. The molecule has 1 amide bonds. The van der Waals surface area contributed by atoms with Gasteiger partial charge < -0.3 is 9.32 Å². The van der Waals surface area contributed by atoms with Gasteiger partial charge in [0.15, 0.2) is 0 Å². The monoisotopic (exact) mass is 355 g/mol. The molecule has 1 aromatic carbocycles. The molecule has 0 saturated carbocycles. The third-order valence-corrected chi connectivity index (χ3v) is 4.61. The second-order valence-corrected chi connectivity index (χ2v) is 6.56. The number of amides is 1. The quantitative estimate of drug-likeness (QED) is 0.760. The van der Waals surface area contributed by atoms with Crippen LogP contribution in [0, 0.1) is 0 Å². The van der Waals surface area contributed by atoms with E-state index in [1.54, 1.807) is 41.5 Å². The molecule has 2 aliphatic heterocycles. The maximum Gasteiger partial charge on any atom is 0.284 e. The summed E-state index contributed by atoms with van der Waals surface area (Å²) in [5.74, 6) is 1.11. The van der Waals surface area contributed by atoms with E-state index in [1.165, 1.54) is 6.42 Å². The zero-order valence-corrected chi connectivity index (χ0v) is 14.4. The van der Waals surface area contributed by atoms with Gasteiger partial charge in [-0.2, -0.15) is 0 Å². The van der Waals surface area contributed by atoms with Crippen LogP contribution in [0.1, 0.15) is 25.0 Å². The molecule has 0 spiro atoms. The molecule has 1 aromatic heterocycles. The fourth-order valence-electron chi connectivity index (χ4n) is 3.17. The molecule has 3 heterocycles. The minimum atomic E-state index is -0.167. The van der Waals surface area contributed by atoms with Gasteiger partial charge in [-0.3, -0.25) is 4.79 Å². The minimum Gasteiger partial charge on any atom is -0.465 e. The van der Waals surface area contributed by atoms with Crippen LogP contribution in [-0.4, -0.2) is 29.9 Å². The van der Waals surface area contributed by atoms with Crippen molar-refractivity contribution in [1.29, 1.82) is 0 Å². The molecule has 2 aromatic rings. The first kappa shape index (κ1) is 16.0. The van der Waals surface area contributed by atoms with Crippen molar-refractivity contribution in [3.8, 4) is 0 Å². The second kappa shape index (κ2) is 6.76. The van der Waals surface area contributed by atoms with Crippen molar-refractivity contribution in [3.05, 3.63) is 59.1 Å². The summed E-state index contributed by atoms with van der Waals surface area (Å²) in [5.41, 5.74) is 1.10. The molecule has 0 unspecified atom stereocenters. The average molecular weight is 356 g/mol. The first-order chi connectivity index (χ1) is 12.2. The molecular weight excluding hydrogens is 338 g/mol. The largest absolute Gasteiger partial charge is 0.465 e. The lowest BCUT2D eigenvalue weighted by atomic mass is 10.1. The number of hydrogen-bond donors (Lipinski definition) is 0. The fourth-order valence-corrected chi connectivity index (χ4v) is 3.35. The number of anilines is 1. The number of carbonyl (C=O) groups is 1. The molecule has 1 saturated heterocycles. The molecule has 128 valence electrons. The van der Waals surface area contributed by atoms with Crippen molar-refractivity contribution in [2.75, 3.05) is 18.0 Å². The Kier molecular flexibility index (Phi) is 4.32. The highest BCUT2D eigenvalue weighted by Gasteiger charge is 2.35. The van der Waals surface area contributed by atoms with E-state index in [0.717, 1.165) is 31.6 Å². The fraction of sp³-hybridized carbons (Fsp3) is 0.263. The lowest BCUT2D eigenvalue weighted by Gasteiger charge is -2.32. The first-order valence-electron chi connectivity index (χ1n) is 8.41. The van der Waals surface area contributed by atoms with Gasteiger partial charge in [0.25, 0.3) is 5.91 Å². The van der Waals surface area contributed by atoms with Crippen LogP contribution in [0.5, 0.6) is 0 Å². The third-order valence-electron chi connectivity index (χ3n) is 4.37. The Labute approximate surface area is 151 Å². The van der Waals surface area contributed by atoms with E-state index < -0.39 is 0 Å². The Balaban J connectivity index is 1.75. The molecule has 4 rings (SSSR count). The summed E-state index contributed by atoms with van der Waals surface area (Å²) < 4.78 is 5.33. The van der Waals surface area contributed by atoms with Crippen LogP contribution in [0.4, 0.5) is 5.69 Å². The van der Waals surface area contributed by atoms with Gasteiger partial charge in [-0.05, 0) is 49.6 Å². The molecule has 0 radical (unpaired) electrons. The van der Waals surface area contributed by atoms with Gasteiger partial charge in [0.2, 0.25) is 5.96 Å². The molecule has 1 fully saturated rings. The molecule has 0 bridgehead atoms. The van der Waals surface area contributed by atoms with Gasteiger partial charge in [0, 0.05) is 24.2 Å². The average Bonchev–Trinajstić information content (AvgIpc) is 3.25. The SMILES string of the molecule is O=C1/C(=C/c2ccco2)N=C(N2CCCCC2)N1c1cccc(Cl)c1. The summed E-state index contributed by atoms with van der Waals surface area (Å²) in [6.45, 7) is 1.80. The van der Waals surface area contributed by atoms with Crippen LogP contribution in [0.25, 0.3) is 6.08 Å². The summed E-state index contributed by atoms with van der Waals surface area (Å²) >= 11 is 6.13. The Hall–Kier alpha value is -2.53. The Morgan fingerprint density at radius 2 is 1.96 bits per heavy atom. The summed E-state index contributed by atoms with van der Waals surface area (Å²) in [5, 5.41) is 0.590. The Morgan fingerprint density at radius 3 is 2.68 bits per heavy atom. The highest BCUT2D eigenvalue weighted by atomic mass is 35.5. The van der Waals surface area contributed by atoms with E-state index in [2.05, 4.69) is 9.89 Å². The number of rotatable bonds is 2. The lowest BCUT2D eigenvalue weighted by molar-refractivity contribution is -0.113. The summed E-state index contributed by atoms with van der Waals surface area (Å²) in [6, 6.07) is 10.9. The number of hydrogen-bond acceptors (Lipinski definition) is 4. The standard InChI is InChI=1S/C19H18ClN3O2/c20-14-6-4-7-15(12-14)23-18(24)17(13-16-8-5-11-25-16)21-19(23)22-9-2-1-3-10-22/h4-8,11-13H,1-3,9-10H2/b17-13-. The Bertz CT molecular complexity index is 836. The molecule has 0 N–H and O–H groups in total. The van der Waals surface area contributed by atoms with Gasteiger partial charge in [0.1, 0.15) is 11.5 Å². The zero-order valence-electron chi connectivity index (χ0n) is 13.7. The highest BCUT2D eigenvalue weighted by Crippen LogP contribution is 2.29. The van der Waals surface area contributed by atoms with E-state index in [9.17, 15) is 4.79 Å². The molecule has 25 heavy (non-hydrogen) atoms. The van der Waals surface area contributed by atoms with E-state index in [0.29, 0.717) is 22.4 Å². The molecular formula is C19H18ClN3O2. The predicted octanol–water partition coefficient (Wildman–Crippen LogP) is 4.16. The molecule has 5 nitrogen and oxygen atoms in total. The number of benzene rings is 1. The molecule has 6 heteroatoms. The number of furan rings is 1. The van der Waals surface area contributed by atoms with Crippen molar-refractivity contribution in [1.82, 2.24) is 4.90 Å². The maximum absolute atomic E-state index is 13.0. The zero-order chi connectivity index (χ0) is 17.2. The van der Waals surface area contributed by atoms with Crippen LogP contribution >= 0.6 is 11.6 Å². The number of likely N-dealkylation sites (tertiary alicyclic amines) is 1. The van der Waals surface area contributed by atoms with Crippen LogP contribution in [-0.2, 0) is 4.79 Å². The van der Waals surface area contributed by atoms with Gasteiger partial charge >= 0.3 is 0 Å². The van der Waals surface area contributed by atoms with Crippen LogP contribution in [0.3, 0.4) is 0 Å². The molecule has 0 aliphatic carbocycles. The number of piperidine rings is 1. The molecule has 2 aliphatic rings. The van der Waals surface area contributed by atoms with E-state index in [-0.39, 0.29) is 5.91 Å².